The fraction of sp³-hybridized carbons (Fsp3) is 0.889. The lowest BCUT2D eigenvalue weighted by atomic mass is 10.0. The van der Waals surface area contributed by atoms with Crippen molar-refractivity contribution in [1.29, 1.82) is 0 Å². The zero-order valence-corrected chi connectivity index (χ0v) is 8.83. The summed E-state index contributed by atoms with van der Waals surface area (Å²) < 4.78 is 0. The number of nitrogens with zero attached hydrogens (tertiary/aromatic N) is 1. The molecule has 0 aromatic carbocycles. The van der Waals surface area contributed by atoms with E-state index >= 15 is 0 Å². The highest BCUT2D eigenvalue weighted by atomic mass is 16.4. The van der Waals surface area contributed by atoms with Gasteiger partial charge in [-0.15, -0.1) is 0 Å². The lowest BCUT2D eigenvalue weighted by Gasteiger charge is -2.42. The molecule has 2 N–H and O–H groups in total. The standard InChI is InChI=1S/C9H20N2O2/c1-7(5-6-10)11(8(12)13)9(2,3)4/h7H,5-6,10H2,1-4H3,(H,12,13)/p-1/t7-/m1/s1. The van der Waals surface area contributed by atoms with Crippen LogP contribution in [0.4, 0.5) is 4.79 Å². The Morgan fingerprint density at radius 1 is 1.54 bits per heavy atom. The van der Waals surface area contributed by atoms with Crippen molar-refractivity contribution in [2.45, 2.75) is 45.7 Å². The molecule has 0 heterocycles. The molecule has 1 amide bonds. The summed E-state index contributed by atoms with van der Waals surface area (Å²) in [6.07, 6.45) is -0.473. The van der Waals surface area contributed by atoms with Gasteiger partial charge < -0.3 is 20.5 Å². The SMILES string of the molecule is C[C@H](CCN)N(C(=O)[O-])C(C)(C)C. The summed E-state index contributed by atoms with van der Waals surface area (Å²) in [5.41, 5.74) is 4.95. The van der Waals surface area contributed by atoms with E-state index in [0.29, 0.717) is 13.0 Å². The van der Waals surface area contributed by atoms with Crippen LogP contribution in [0.2, 0.25) is 0 Å². The average molecular weight is 187 g/mol. The maximum Gasteiger partial charge on any atom is 0.137 e. The zero-order valence-electron chi connectivity index (χ0n) is 8.83. The van der Waals surface area contributed by atoms with E-state index in [2.05, 4.69) is 0 Å². The van der Waals surface area contributed by atoms with Gasteiger partial charge in [0.05, 0.1) is 0 Å². The Morgan fingerprint density at radius 2 is 2.00 bits per heavy atom. The lowest BCUT2D eigenvalue weighted by molar-refractivity contribution is -0.273. The van der Waals surface area contributed by atoms with E-state index in [1.54, 1.807) is 0 Å². The van der Waals surface area contributed by atoms with Gasteiger partial charge in [-0.1, -0.05) is 0 Å². The fourth-order valence-electron chi connectivity index (χ4n) is 1.49. The third-order valence-electron chi connectivity index (χ3n) is 1.94. The third kappa shape index (κ3) is 3.63. The van der Waals surface area contributed by atoms with Gasteiger partial charge in [-0.3, -0.25) is 0 Å². The van der Waals surface area contributed by atoms with Crippen molar-refractivity contribution in [3.8, 4) is 0 Å². The first-order chi connectivity index (χ1) is 5.80. The van der Waals surface area contributed by atoms with Crippen LogP contribution in [0.15, 0.2) is 0 Å². The molecule has 0 bridgehead atoms. The molecular formula is C9H19N2O2-. The van der Waals surface area contributed by atoms with Gasteiger partial charge in [0.15, 0.2) is 0 Å². The summed E-state index contributed by atoms with van der Waals surface area (Å²) in [5, 5.41) is 10.8. The van der Waals surface area contributed by atoms with Crippen LogP contribution in [0.5, 0.6) is 0 Å². The number of nitrogens with two attached hydrogens (primary N) is 1. The van der Waals surface area contributed by atoms with Crippen LogP contribution in [-0.4, -0.2) is 29.1 Å². The topological polar surface area (TPSA) is 69.4 Å². The summed E-state index contributed by atoms with van der Waals surface area (Å²) in [5.74, 6) is 0. The van der Waals surface area contributed by atoms with Crippen LogP contribution in [-0.2, 0) is 0 Å². The number of carbonyl (C=O) groups is 1. The molecule has 0 aliphatic rings. The first kappa shape index (κ1) is 12.2. The quantitative estimate of drug-likeness (QED) is 0.684. The molecule has 0 aromatic heterocycles. The van der Waals surface area contributed by atoms with E-state index in [1.807, 2.05) is 27.7 Å². The van der Waals surface area contributed by atoms with Crippen LogP contribution < -0.4 is 10.8 Å². The van der Waals surface area contributed by atoms with Crippen molar-refractivity contribution in [3.05, 3.63) is 0 Å². The van der Waals surface area contributed by atoms with Crippen LogP contribution in [0.3, 0.4) is 0 Å². The van der Waals surface area contributed by atoms with Gasteiger partial charge >= 0.3 is 0 Å². The zero-order chi connectivity index (χ0) is 10.6. The van der Waals surface area contributed by atoms with Crippen molar-refractivity contribution >= 4 is 6.09 Å². The minimum absolute atomic E-state index is 0.0880. The third-order valence-corrected chi connectivity index (χ3v) is 1.94. The highest BCUT2D eigenvalue weighted by Gasteiger charge is 2.25. The molecule has 0 saturated heterocycles. The van der Waals surface area contributed by atoms with E-state index in [-0.39, 0.29) is 6.04 Å². The molecule has 0 aromatic rings. The van der Waals surface area contributed by atoms with Crippen LogP contribution in [0, 0.1) is 0 Å². The minimum atomic E-state index is -1.13. The van der Waals surface area contributed by atoms with E-state index in [4.69, 9.17) is 5.73 Å². The molecule has 4 heteroatoms. The first-order valence-corrected chi connectivity index (χ1v) is 4.51. The second-order valence-corrected chi connectivity index (χ2v) is 4.23. The lowest BCUT2D eigenvalue weighted by Crippen LogP contribution is -2.56. The predicted octanol–water partition coefficient (Wildman–Crippen LogP) is 0.167. The molecule has 13 heavy (non-hydrogen) atoms. The summed E-state index contributed by atoms with van der Waals surface area (Å²) in [6.45, 7) is 7.86. The van der Waals surface area contributed by atoms with Gasteiger partial charge in [0, 0.05) is 11.6 Å². The molecule has 0 fully saturated rings. The second kappa shape index (κ2) is 4.46. The fourth-order valence-corrected chi connectivity index (χ4v) is 1.49. The van der Waals surface area contributed by atoms with Crippen LogP contribution >= 0.6 is 0 Å². The Kier molecular flexibility index (Phi) is 4.20. The summed E-state index contributed by atoms with van der Waals surface area (Å²) in [6, 6.07) is -0.0880. The monoisotopic (exact) mass is 187 g/mol. The average Bonchev–Trinajstić information content (AvgIpc) is 1.82. The largest absolute Gasteiger partial charge is 0.530 e. The Hall–Kier alpha value is -0.770. The molecule has 0 unspecified atom stereocenters. The van der Waals surface area contributed by atoms with Crippen molar-refractivity contribution in [3.63, 3.8) is 0 Å². The molecular weight excluding hydrogens is 168 g/mol. The molecule has 0 aliphatic heterocycles. The number of rotatable bonds is 3. The molecule has 0 rings (SSSR count). The van der Waals surface area contributed by atoms with Gasteiger partial charge in [0.2, 0.25) is 0 Å². The maximum atomic E-state index is 10.8. The number of carbonyl (C=O) groups excluding carboxylic acids is 1. The highest BCUT2D eigenvalue weighted by Crippen LogP contribution is 2.17. The van der Waals surface area contributed by atoms with Crippen LogP contribution in [0.25, 0.3) is 0 Å². The Labute approximate surface area is 79.7 Å². The van der Waals surface area contributed by atoms with E-state index < -0.39 is 11.6 Å². The molecule has 0 aliphatic carbocycles. The maximum absolute atomic E-state index is 10.8. The minimum Gasteiger partial charge on any atom is -0.530 e. The second-order valence-electron chi connectivity index (χ2n) is 4.23. The molecule has 0 radical (unpaired) electrons. The summed E-state index contributed by atoms with van der Waals surface area (Å²) in [7, 11) is 0. The number of amides is 1. The number of carboxylic acid groups (broad SMARTS) is 1. The van der Waals surface area contributed by atoms with E-state index in [9.17, 15) is 9.90 Å². The summed E-state index contributed by atoms with van der Waals surface area (Å²) >= 11 is 0. The Morgan fingerprint density at radius 3 is 2.23 bits per heavy atom. The predicted molar refractivity (Wildman–Crippen MR) is 50.1 cm³/mol. The molecule has 4 nitrogen and oxygen atoms in total. The van der Waals surface area contributed by atoms with Gasteiger partial charge in [0.1, 0.15) is 6.09 Å². The van der Waals surface area contributed by atoms with Gasteiger partial charge in [-0.05, 0) is 40.7 Å². The summed E-state index contributed by atoms with van der Waals surface area (Å²) in [4.78, 5) is 12.2. The van der Waals surface area contributed by atoms with E-state index in [1.165, 1.54) is 4.90 Å². The number of hydrogen-bond donors (Lipinski definition) is 1. The smallest absolute Gasteiger partial charge is 0.137 e. The van der Waals surface area contributed by atoms with Gasteiger partial charge in [-0.25, -0.2) is 0 Å². The van der Waals surface area contributed by atoms with Crippen molar-refractivity contribution in [1.82, 2.24) is 4.90 Å². The highest BCUT2D eigenvalue weighted by molar-refractivity contribution is 5.64. The van der Waals surface area contributed by atoms with E-state index in [0.717, 1.165) is 0 Å². The van der Waals surface area contributed by atoms with Gasteiger partial charge in [-0.2, -0.15) is 0 Å². The normalized spacial score (nSPS) is 13.9. The Bertz CT molecular complexity index is 175. The van der Waals surface area contributed by atoms with Crippen molar-refractivity contribution < 1.29 is 9.90 Å². The van der Waals surface area contributed by atoms with Crippen molar-refractivity contribution in [2.75, 3.05) is 6.54 Å². The number of hydrogen-bond acceptors (Lipinski definition) is 3. The first-order valence-electron chi connectivity index (χ1n) is 4.51. The Balaban J connectivity index is 4.52. The van der Waals surface area contributed by atoms with Gasteiger partial charge in [0.25, 0.3) is 0 Å². The molecule has 0 spiro atoms. The van der Waals surface area contributed by atoms with Crippen molar-refractivity contribution in [2.24, 2.45) is 5.73 Å². The van der Waals surface area contributed by atoms with Crippen LogP contribution in [0.1, 0.15) is 34.1 Å². The molecule has 78 valence electrons. The molecule has 0 saturated carbocycles. The molecule has 1 atom stereocenters.